The molecule has 0 saturated carbocycles. The van der Waals surface area contributed by atoms with Crippen LogP contribution in [-0.4, -0.2) is 37.1 Å². The number of hydrogen-bond donors (Lipinski definition) is 2. The lowest BCUT2D eigenvalue weighted by molar-refractivity contribution is -0.137. The molecule has 2 N–H and O–H groups in total. The number of carbonyl (C=O) groups is 1. The Bertz CT molecular complexity index is 229. The van der Waals surface area contributed by atoms with Gasteiger partial charge in [0, 0.05) is 12.6 Å². The molecule has 1 fully saturated rings. The maximum Gasteiger partial charge on any atom is 0.315 e. The Balaban J connectivity index is 2.18. The molecule has 2 amide bonds. The van der Waals surface area contributed by atoms with Crippen molar-refractivity contribution in [3.8, 4) is 0 Å². The Labute approximate surface area is 90.5 Å². The van der Waals surface area contributed by atoms with Gasteiger partial charge in [0.15, 0.2) is 5.79 Å². The van der Waals surface area contributed by atoms with Crippen molar-refractivity contribution in [1.82, 2.24) is 10.6 Å². The average molecular weight is 216 g/mol. The van der Waals surface area contributed by atoms with Gasteiger partial charge in [0.1, 0.15) is 6.10 Å². The number of rotatable bonds is 3. The van der Waals surface area contributed by atoms with Crippen LogP contribution in [0.15, 0.2) is 0 Å². The maximum atomic E-state index is 11.3. The van der Waals surface area contributed by atoms with Crippen LogP contribution in [-0.2, 0) is 9.47 Å². The van der Waals surface area contributed by atoms with Crippen LogP contribution in [0.4, 0.5) is 4.79 Å². The molecule has 0 radical (unpaired) electrons. The summed E-state index contributed by atoms with van der Waals surface area (Å²) in [7, 11) is 0. The fourth-order valence-corrected chi connectivity index (χ4v) is 1.38. The molecule has 1 aliphatic rings. The van der Waals surface area contributed by atoms with Gasteiger partial charge in [-0.1, -0.05) is 0 Å². The van der Waals surface area contributed by atoms with Gasteiger partial charge in [-0.2, -0.15) is 0 Å². The number of amides is 2. The van der Waals surface area contributed by atoms with Crippen molar-refractivity contribution < 1.29 is 14.3 Å². The van der Waals surface area contributed by atoms with Crippen LogP contribution < -0.4 is 10.6 Å². The molecule has 1 aliphatic heterocycles. The zero-order valence-electron chi connectivity index (χ0n) is 9.79. The van der Waals surface area contributed by atoms with Crippen LogP contribution in [0.1, 0.15) is 27.7 Å². The first-order valence-corrected chi connectivity index (χ1v) is 5.25. The van der Waals surface area contributed by atoms with E-state index in [9.17, 15) is 4.79 Å². The highest BCUT2D eigenvalue weighted by Crippen LogP contribution is 2.21. The number of carbonyl (C=O) groups excluding carboxylic acids is 1. The van der Waals surface area contributed by atoms with E-state index < -0.39 is 5.79 Å². The van der Waals surface area contributed by atoms with Gasteiger partial charge in [0.05, 0.1) is 6.61 Å². The molecule has 1 atom stereocenters. The Morgan fingerprint density at radius 1 is 1.53 bits per heavy atom. The van der Waals surface area contributed by atoms with Crippen LogP contribution in [0.2, 0.25) is 0 Å². The van der Waals surface area contributed by atoms with E-state index in [1.165, 1.54) is 0 Å². The largest absolute Gasteiger partial charge is 0.348 e. The summed E-state index contributed by atoms with van der Waals surface area (Å²) in [6.07, 6.45) is -0.0575. The summed E-state index contributed by atoms with van der Waals surface area (Å²) in [5, 5.41) is 5.48. The van der Waals surface area contributed by atoms with Crippen molar-refractivity contribution in [3.05, 3.63) is 0 Å². The van der Waals surface area contributed by atoms with Gasteiger partial charge in [-0.05, 0) is 27.7 Å². The monoisotopic (exact) mass is 216 g/mol. The second-order valence-corrected chi connectivity index (χ2v) is 4.46. The topological polar surface area (TPSA) is 59.6 Å². The molecule has 5 heteroatoms. The fraction of sp³-hybridized carbons (Fsp3) is 0.900. The normalized spacial score (nSPS) is 24.2. The molecule has 1 saturated heterocycles. The van der Waals surface area contributed by atoms with E-state index in [-0.39, 0.29) is 18.2 Å². The predicted molar refractivity (Wildman–Crippen MR) is 56.6 cm³/mol. The van der Waals surface area contributed by atoms with E-state index in [0.29, 0.717) is 13.2 Å². The number of nitrogens with one attached hydrogen (secondary N) is 2. The third kappa shape index (κ3) is 4.48. The zero-order chi connectivity index (χ0) is 11.5. The Hall–Kier alpha value is -0.810. The molecular weight excluding hydrogens is 196 g/mol. The molecule has 1 heterocycles. The SMILES string of the molecule is CC(C)NC(=O)NCC1COC(C)(C)O1. The first-order valence-electron chi connectivity index (χ1n) is 5.25. The molecule has 5 nitrogen and oxygen atoms in total. The second kappa shape index (κ2) is 4.81. The van der Waals surface area contributed by atoms with Crippen molar-refractivity contribution in [1.29, 1.82) is 0 Å². The molecule has 1 unspecified atom stereocenters. The summed E-state index contributed by atoms with van der Waals surface area (Å²) in [5.41, 5.74) is 0. The molecule has 0 spiro atoms. The van der Waals surface area contributed by atoms with E-state index in [4.69, 9.17) is 9.47 Å². The van der Waals surface area contributed by atoms with Crippen LogP contribution in [0, 0.1) is 0 Å². The first-order chi connectivity index (χ1) is 6.89. The standard InChI is InChI=1S/C10H20N2O3/c1-7(2)12-9(13)11-5-8-6-14-10(3,4)15-8/h7-8H,5-6H2,1-4H3,(H2,11,12,13). The van der Waals surface area contributed by atoms with Crippen molar-refractivity contribution >= 4 is 6.03 Å². The molecule has 0 aromatic rings. The van der Waals surface area contributed by atoms with E-state index in [1.54, 1.807) is 0 Å². The summed E-state index contributed by atoms with van der Waals surface area (Å²) in [4.78, 5) is 11.3. The van der Waals surface area contributed by atoms with E-state index in [1.807, 2.05) is 27.7 Å². The molecule has 15 heavy (non-hydrogen) atoms. The zero-order valence-corrected chi connectivity index (χ0v) is 9.79. The molecule has 0 aromatic heterocycles. The third-order valence-corrected chi connectivity index (χ3v) is 1.98. The van der Waals surface area contributed by atoms with E-state index in [2.05, 4.69) is 10.6 Å². The van der Waals surface area contributed by atoms with Gasteiger partial charge in [0.2, 0.25) is 0 Å². The lowest BCUT2D eigenvalue weighted by Crippen LogP contribution is -2.43. The van der Waals surface area contributed by atoms with Gasteiger partial charge in [-0.3, -0.25) is 0 Å². The van der Waals surface area contributed by atoms with Gasteiger partial charge < -0.3 is 20.1 Å². The Morgan fingerprint density at radius 2 is 2.20 bits per heavy atom. The molecule has 0 aliphatic carbocycles. The van der Waals surface area contributed by atoms with Gasteiger partial charge in [0.25, 0.3) is 0 Å². The van der Waals surface area contributed by atoms with Gasteiger partial charge in [-0.15, -0.1) is 0 Å². The lowest BCUT2D eigenvalue weighted by atomic mass is 10.3. The maximum absolute atomic E-state index is 11.3. The summed E-state index contributed by atoms with van der Waals surface area (Å²) < 4.78 is 10.9. The first kappa shape index (κ1) is 12.3. The summed E-state index contributed by atoms with van der Waals surface area (Å²) in [6.45, 7) is 8.55. The summed E-state index contributed by atoms with van der Waals surface area (Å²) in [5.74, 6) is -0.527. The highest BCUT2D eigenvalue weighted by atomic mass is 16.7. The van der Waals surface area contributed by atoms with Crippen molar-refractivity contribution in [2.45, 2.75) is 45.6 Å². The Kier molecular flexibility index (Phi) is 3.93. The highest BCUT2D eigenvalue weighted by molar-refractivity contribution is 5.74. The molecule has 1 rings (SSSR count). The minimum atomic E-state index is -0.527. The fourth-order valence-electron chi connectivity index (χ4n) is 1.38. The van der Waals surface area contributed by atoms with Gasteiger partial charge in [-0.25, -0.2) is 4.79 Å². The third-order valence-electron chi connectivity index (χ3n) is 1.98. The highest BCUT2D eigenvalue weighted by Gasteiger charge is 2.32. The van der Waals surface area contributed by atoms with E-state index in [0.717, 1.165) is 0 Å². The van der Waals surface area contributed by atoms with Crippen molar-refractivity contribution in [3.63, 3.8) is 0 Å². The minimum Gasteiger partial charge on any atom is -0.348 e. The van der Waals surface area contributed by atoms with Crippen LogP contribution >= 0.6 is 0 Å². The lowest BCUT2D eigenvalue weighted by Gasteiger charge is -2.17. The van der Waals surface area contributed by atoms with Crippen molar-refractivity contribution in [2.24, 2.45) is 0 Å². The molecular formula is C10H20N2O3. The van der Waals surface area contributed by atoms with Crippen molar-refractivity contribution in [2.75, 3.05) is 13.2 Å². The van der Waals surface area contributed by atoms with Crippen LogP contribution in [0.25, 0.3) is 0 Å². The average Bonchev–Trinajstić information content (AvgIpc) is 2.41. The molecule has 0 bridgehead atoms. The predicted octanol–water partition coefficient (Wildman–Crippen LogP) is 0.845. The van der Waals surface area contributed by atoms with Crippen LogP contribution in [0.3, 0.4) is 0 Å². The number of hydrogen-bond acceptors (Lipinski definition) is 3. The number of urea groups is 1. The van der Waals surface area contributed by atoms with Crippen LogP contribution in [0.5, 0.6) is 0 Å². The number of ether oxygens (including phenoxy) is 2. The summed E-state index contributed by atoms with van der Waals surface area (Å²) in [6, 6.07) is -0.0273. The second-order valence-electron chi connectivity index (χ2n) is 4.46. The van der Waals surface area contributed by atoms with Gasteiger partial charge >= 0.3 is 6.03 Å². The minimum absolute atomic E-state index is 0.0575. The quantitative estimate of drug-likeness (QED) is 0.735. The Morgan fingerprint density at radius 3 is 2.67 bits per heavy atom. The molecule has 0 aromatic carbocycles. The molecule has 88 valence electrons. The van der Waals surface area contributed by atoms with E-state index >= 15 is 0 Å². The summed E-state index contributed by atoms with van der Waals surface area (Å²) >= 11 is 0. The smallest absolute Gasteiger partial charge is 0.315 e.